The molecule has 0 radical (unpaired) electrons. The molecular weight excluding hydrogens is 494 g/mol. The van der Waals surface area contributed by atoms with Gasteiger partial charge in [-0.3, -0.25) is 4.99 Å². The van der Waals surface area contributed by atoms with Gasteiger partial charge in [-0.15, -0.1) is 0 Å². The van der Waals surface area contributed by atoms with E-state index in [9.17, 15) is 0 Å². The van der Waals surface area contributed by atoms with Gasteiger partial charge in [0.2, 0.25) is 0 Å². The molecule has 0 amide bonds. The summed E-state index contributed by atoms with van der Waals surface area (Å²) in [6.07, 6.45) is 0. The first-order valence-electron chi connectivity index (χ1n) is 14.0. The maximum atomic E-state index is 4.61. The average Bonchev–Trinajstić information content (AvgIpc) is 3.05. The first-order valence-corrected chi connectivity index (χ1v) is 14.0. The van der Waals surface area contributed by atoms with Crippen molar-refractivity contribution in [3.8, 4) is 55.6 Å². The van der Waals surface area contributed by atoms with Crippen molar-refractivity contribution in [1.82, 2.24) is 0 Å². The number of nitrogens with zero attached hydrogens (tertiary/aromatic N) is 1. The van der Waals surface area contributed by atoms with Gasteiger partial charge >= 0.3 is 0 Å². The highest BCUT2D eigenvalue weighted by atomic mass is 14.7. The summed E-state index contributed by atoms with van der Waals surface area (Å²) in [4.78, 5) is 4.61. The number of rotatable bonds is 4. The molecule has 0 N–H and O–H groups in total. The minimum atomic E-state index is 0.963. The molecule has 0 atom stereocenters. The minimum absolute atomic E-state index is 0.963. The lowest BCUT2D eigenvalue weighted by atomic mass is 9.80. The molecule has 6 aromatic rings. The lowest BCUT2D eigenvalue weighted by Crippen LogP contribution is -2.12. The fourth-order valence-electron chi connectivity index (χ4n) is 5.95. The van der Waals surface area contributed by atoms with Crippen molar-refractivity contribution in [2.45, 2.75) is 0 Å². The largest absolute Gasteiger partial charge is 0.287 e. The summed E-state index contributed by atoms with van der Waals surface area (Å²) in [5, 5.41) is 0. The average molecular weight is 524 g/mol. The highest BCUT2D eigenvalue weighted by Gasteiger charge is 2.24. The van der Waals surface area contributed by atoms with Crippen LogP contribution in [0.3, 0.4) is 0 Å². The molecule has 1 heteroatoms. The molecule has 0 saturated carbocycles. The predicted octanol–water partition coefficient (Wildman–Crippen LogP) is 10.5. The predicted molar refractivity (Wildman–Crippen MR) is 175 cm³/mol. The molecule has 1 nitrogen and oxygen atoms in total. The maximum Gasteiger partial charge on any atom is 0.0722 e. The van der Waals surface area contributed by atoms with E-state index in [-0.39, 0.29) is 0 Å². The van der Waals surface area contributed by atoms with E-state index in [1.54, 1.807) is 0 Å². The number of hydrogen-bond donors (Lipinski definition) is 0. The van der Waals surface area contributed by atoms with Crippen LogP contribution in [-0.4, -0.2) is 12.8 Å². The van der Waals surface area contributed by atoms with Crippen LogP contribution in [-0.2, 0) is 0 Å². The summed E-state index contributed by atoms with van der Waals surface area (Å²) < 4.78 is 0. The van der Waals surface area contributed by atoms with Crippen LogP contribution in [0.2, 0.25) is 0 Å². The molecule has 1 aliphatic rings. The summed E-state index contributed by atoms with van der Waals surface area (Å²) in [6.45, 7) is 4.45. The Labute approximate surface area is 241 Å². The maximum absolute atomic E-state index is 4.61. The SMILES string of the molecule is C=C1C(=NC)c2ccccc2-c2ccc(-c3cccc(-c4cc(-c5ccccc5)cc(-c5ccccc5)c4)c3)cc21. The molecule has 6 aromatic carbocycles. The van der Waals surface area contributed by atoms with E-state index in [0.717, 1.165) is 22.4 Å². The zero-order valence-electron chi connectivity index (χ0n) is 23.0. The van der Waals surface area contributed by atoms with Crippen LogP contribution < -0.4 is 0 Å². The van der Waals surface area contributed by atoms with Crippen LogP contribution >= 0.6 is 0 Å². The highest BCUT2D eigenvalue weighted by molar-refractivity contribution is 6.36. The Morgan fingerprint density at radius 2 is 0.805 bits per heavy atom. The van der Waals surface area contributed by atoms with Crippen LogP contribution in [0.5, 0.6) is 0 Å². The Hall–Kier alpha value is -5.27. The second-order valence-corrected chi connectivity index (χ2v) is 10.5. The van der Waals surface area contributed by atoms with Crippen LogP contribution in [0.15, 0.2) is 157 Å². The third kappa shape index (κ3) is 4.52. The van der Waals surface area contributed by atoms with E-state index in [4.69, 9.17) is 0 Å². The van der Waals surface area contributed by atoms with E-state index < -0.39 is 0 Å². The molecule has 0 bridgehead atoms. The Morgan fingerprint density at radius 1 is 0.366 bits per heavy atom. The van der Waals surface area contributed by atoms with Gasteiger partial charge in [0.05, 0.1) is 5.71 Å². The van der Waals surface area contributed by atoms with Crippen molar-refractivity contribution in [1.29, 1.82) is 0 Å². The third-order valence-corrected chi connectivity index (χ3v) is 8.00. The normalized spacial score (nSPS) is 13.1. The zero-order chi connectivity index (χ0) is 27.8. The fraction of sp³-hybridized carbons (Fsp3) is 0.0250. The molecule has 0 spiro atoms. The Morgan fingerprint density at radius 3 is 1.41 bits per heavy atom. The summed E-state index contributed by atoms with van der Waals surface area (Å²) in [6, 6.07) is 52.2. The highest BCUT2D eigenvalue weighted by Crippen LogP contribution is 2.41. The first-order chi connectivity index (χ1) is 20.2. The third-order valence-electron chi connectivity index (χ3n) is 8.00. The van der Waals surface area contributed by atoms with Gasteiger partial charge in [-0.1, -0.05) is 122 Å². The summed E-state index contributed by atoms with van der Waals surface area (Å²) in [5.74, 6) is 0. The van der Waals surface area contributed by atoms with Gasteiger partial charge < -0.3 is 0 Å². The number of allylic oxidation sites excluding steroid dienone is 1. The topological polar surface area (TPSA) is 12.4 Å². The second-order valence-electron chi connectivity index (χ2n) is 10.5. The molecule has 7 rings (SSSR count). The van der Waals surface area contributed by atoms with E-state index in [0.29, 0.717) is 0 Å². The van der Waals surface area contributed by atoms with Crippen LogP contribution in [0.25, 0.3) is 61.2 Å². The monoisotopic (exact) mass is 523 g/mol. The molecule has 0 unspecified atom stereocenters. The summed E-state index contributed by atoms with van der Waals surface area (Å²) in [7, 11) is 1.85. The van der Waals surface area contributed by atoms with Crippen molar-refractivity contribution < 1.29 is 0 Å². The molecule has 41 heavy (non-hydrogen) atoms. The quantitative estimate of drug-likeness (QED) is 0.218. The molecule has 0 saturated heterocycles. The van der Waals surface area contributed by atoms with Gasteiger partial charge in [0.25, 0.3) is 0 Å². The van der Waals surface area contributed by atoms with E-state index in [2.05, 4.69) is 157 Å². The minimum Gasteiger partial charge on any atom is -0.287 e. The number of aliphatic imine (C=N–C) groups is 1. The Bertz CT molecular complexity index is 1890. The van der Waals surface area contributed by atoms with Gasteiger partial charge in [-0.25, -0.2) is 0 Å². The summed E-state index contributed by atoms with van der Waals surface area (Å²) >= 11 is 0. The van der Waals surface area contributed by atoms with Gasteiger partial charge in [-0.2, -0.15) is 0 Å². The Balaban J connectivity index is 1.34. The van der Waals surface area contributed by atoms with Crippen molar-refractivity contribution in [2.24, 2.45) is 4.99 Å². The Kier molecular flexibility index (Phi) is 6.26. The van der Waals surface area contributed by atoms with Gasteiger partial charge in [0.15, 0.2) is 0 Å². The second kappa shape index (κ2) is 10.4. The number of fused-ring (bicyclic) bond motifs is 3. The van der Waals surface area contributed by atoms with Crippen molar-refractivity contribution in [3.63, 3.8) is 0 Å². The molecule has 1 aliphatic carbocycles. The molecular formula is C40H29N. The summed E-state index contributed by atoms with van der Waals surface area (Å²) in [5.41, 5.74) is 16.2. The van der Waals surface area contributed by atoms with E-state index >= 15 is 0 Å². The molecule has 0 aromatic heterocycles. The van der Waals surface area contributed by atoms with Crippen LogP contribution in [0.1, 0.15) is 11.1 Å². The van der Waals surface area contributed by atoms with Gasteiger partial charge in [-0.05, 0) is 91.5 Å². The molecule has 194 valence electrons. The fourth-order valence-corrected chi connectivity index (χ4v) is 5.95. The lowest BCUT2D eigenvalue weighted by Gasteiger charge is -2.24. The van der Waals surface area contributed by atoms with Crippen molar-refractivity contribution >= 4 is 11.3 Å². The molecule has 0 fully saturated rings. The lowest BCUT2D eigenvalue weighted by molar-refractivity contribution is 1.42. The smallest absolute Gasteiger partial charge is 0.0722 e. The van der Waals surface area contributed by atoms with Gasteiger partial charge in [0, 0.05) is 18.2 Å². The number of hydrogen-bond acceptors (Lipinski definition) is 1. The first kappa shape index (κ1) is 24.7. The number of benzene rings is 6. The van der Waals surface area contributed by atoms with Crippen LogP contribution in [0, 0.1) is 0 Å². The molecule has 0 heterocycles. The van der Waals surface area contributed by atoms with Gasteiger partial charge in [0.1, 0.15) is 0 Å². The van der Waals surface area contributed by atoms with Crippen molar-refractivity contribution in [2.75, 3.05) is 7.05 Å². The van der Waals surface area contributed by atoms with Crippen LogP contribution in [0.4, 0.5) is 0 Å². The molecule has 0 aliphatic heterocycles. The zero-order valence-corrected chi connectivity index (χ0v) is 23.0. The standard InChI is InChI=1S/C40H29N/c1-27-39-26-32(20-21-37(39)36-18-9-10-19-38(36)40(27)41-2)30-16-11-17-31(22-30)35-24-33(28-12-5-3-6-13-28)23-34(25-35)29-14-7-4-8-15-29/h3-26H,1H2,2H3. The van der Waals surface area contributed by atoms with Crippen molar-refractivity contribution in [3.05, 3.63) is 163 Å². The van der Waals surface area contributed by atoms with E-state index in [1.807, 2.05) is 7.05 Å². The van der Waals surface area contributed by atoms with E-state index in [1.165, 1.54) is 55.6 Å².